The fourth-order valence-corrected chi connectivity index (χ4v) is 0.420. The molecule has 0 radical (unpaired) electrons. The summed E-state index contributed by atoms with van der Waals surface area (Å²) >= 11 is 0. The largest absolute Gasteiger partial charge is 0.413 e. The lowest BCUT2D eigenvalue weighted by Gasteiger charge is -2.15. The van der Waals surface area contributed by atoms with Gasteiger partial charge in [-0.3, -0.25) is 0 Å². The van der Waals surface area contributed by atoms with Crippen LogP contribution in [-0.2, 0) is 0 Å². The highest BCUT2D eigenvalue weighted by Crippen LogP contribution is 2.25. The summed E-state index contributed by atoms with van der Waals surface area (Å²) in [7, 11) is 1.46. The molecule has 0 amide bonds. The predicted molar refractivity (Wildman–Crippen MR) is 33.7 cm³/mol. The van der Waals surface area contributed by atoms with E-state index in [1.165, 1.54) is 14.0 Å². The number of rotatable bonds is 2. The summed E-state index contributed by atoms with van der Waals surface area (Å²) in [5.41, 5.74) is -0.741. The average molecular weight is 153 g/mol. The van der Waals surface area contributed by atoms with Crippen molar-refractivity contribution >= 4 is 0 Å². The molecule has 0 aromatic carbocycles. The third-order valence-electron chi connectivity index (χ3n) is 1.32. The molecule has 0 rings (SSSR count). The molecule has 0 aliphatic rings. The van der Waals surface area contributed by atoms with Crippen molar-refractivity contribution in [2.24, 2.45) is 0 Å². The molecule has 1 N–H and O–H groups in total. The second-order valence-electron chi connectivity index (χ2n) is 2.03. The predicted octanol–water partition coefficient (Wildman–Crippen LogP) is 1.71. The molecular weight excluding hydrogens is 143 g/mol. The number of halogens is 3. The van der Waals surface area contributed by atoms with Crippen molar-refractivity contribution in [3.63, 3.8) is 0 Å². The van der Waals surface area contributed by atoms with E-state index in [9.17, 15) is 13.2 Å². The first-order valence-corrected chi connectivity index (χ1v) is 2.83. The van der Waals surface area contributed by atoms with Crippen LogP contribution >= 0.6 is 0 Å². The highest BCUT2D eigenvalue weighted by Gasteiger charge is 2.34. The molecule has 0 aliphatic carbocycles. The first-order chi connectivity index (χ1) is 4.39. The minimum Gasteiger partial charge on any atom is -0.313 e. The molecule has 0 heterocycles. The standard InChI is InChI=1S/C6H10F3N/c1-4(5(2)10-3)6(7,8)9/h5,10H,1H2,2-3H3. The van der Waals surface area contributed by atoms with Gasteiger partial charge in [0.15, 0.2) is 0 Å². The Labute approximate surface area is 57.9 Å². The molecular formula is C6H10F3N. The molecule has 0 fully saturated rings. The maximum Gasteiger partial charge on any atom is 0.413 e. The Morgan fingerprint density at radius 3 is 2.00 bits per heavy atom. The molecule has 1 nitrogen and oxygen atoms in total. The van der Waals surface area contributed by atoms with Crippen molar-refractivity contribution in [1.82, 2.24) is 5.32 Å². The third-order valence-corrected chi connectivity index (χ3v) is 1.32. The van der Waals surface area contributed by atoms with E-state index >= 15 is 0 Å². The lowest BCUT2D eigenvalue weighted by atomic mass is 10.1. The monoisotopic (exact) mass is 153 g/mol. The van der Waals surface area contributed by atoms with Gasteiger partial charge in [-0.25, -0.2) is 0 Å². The van der Waals surface area contributed by atoms with Gasteiger partial charge < -0.3 is 5.32 Å². The fraction of sp³-hybridized carbons (Fsp3) is 0.667. The number of hydrogen-bond donors (Lipinski definition) is 1. The summed E-state index contributed by atoms with van der Waals surface area (Å²) in [5.74, 6) is 0. The van der Waals surface area contributed by atoms with E-state index in [2.05, 4.69) is 11.9 Å². The number of hydrogen-bond acceptors (Lipinski definition) is 1. The second kappa shape index (κ2) is 3.05. The Hall–Kier alpha value is -0.510. The zero-order chi connectivity index (χ0) is 8.36. The lowest BCUT2D eigenvalue weighted by Crippen LogP contribution is -2.30. The summed E-state index contributed by atoms with van der Waals surface area (Å²) in [6.07, 6.45) is -4.28. The highest BCUT2D eigenvalue weighted by atomic mass is 19.4. The van der Waals surface area contributed by atoms with Gasteiger partial charge in [-0.05, 0) is 14.0 Å². The molecule has 4 heteroatoms. The van der Waals surface area contributed by atoms with Crippen LogP contribution in [0.4, 0.5) is 13.2 Å². The van der Waals surface area contributed by atoms with Gasteiger partial charge in [0, 0.05) is 11.6 Å². The molecule has 0 spiro atoms. The maximum absolute atomic E-state index is 11.7. The Kier molecular flexibility index (Phi) is 2.90. The van der Waals surface area contributed by atoms with Crippen LogP contribution in [0.5, 0.6) is 0 Å². The van der Waals surface area contributed by atoms with Gasteiger partial charge >= 0.3 is 6.18 Å². The number of likely N-dealkylation sites (N-methyl/N-ethyl adjacent to an activating group) is 1. The molecule has 0 aromatic heterocycles. The zero-order valence-corrected chi connectivity index (χ0v) is 5.92. The molecule has 1 atom stereocenters. The van der Waals surface area contributed by atoms with E-state index in [4.69, 9.17) is 0 Å². The summed E-state index contributed by atoms with van der Waals surface area (Å²) in [6, 6.07) is -0.708. The van der Waals surface area contributed by atoms with Crippen molar-refractivity contribution in [2.75, 3.05) is 7.05 Å². The minimum absolute atomic E-state index is 0.708. The summed E-state index contributed by atoms with van der Waals surface area (Å²) in [5, 5.41) is 2.45. The van der Waals surface area contributed by atoms with Crippen molar-refractivity contribution in [2.45, 2.75) is 19.1 Å². The molecule has 0 bridgehead atoms. The van der Waals surface area contributed by atoms with Gasteiger partial charge in [0.2, 0.25) is 0 Å². The Morgan fingerprint density at radius 1 is 1.50 bits per heavy atom. The first kappa shape index (κ1) is 9.49. The van der Waals surface area contributed by atoms with Gasteiger partial charge in [0.25, 0.3) is 0 Å². The molecule has 0 saturated heterocycles. The zero-order valence-electron chi connectivity index (χ0n) is 5.92. The van der Waals surface area contributed by atoms with E-state index in [0.717, 1.165) is 0 Å². The van der Waals surface area contributed by atoms with Crippen LogP contribution in [0.25, 0.3) is 0 Å². The van der Waals surface area contributed by atoms with E-state index in [0.29, 0.717) is 0 Å². The Balaban J connectivity index is 4.09. The smallest absolute Gasteiger partial charge is 0.313 e. The van der Waals surface area contributed by atoms with Crippen molar-refractivity contribution in [1.29, 1.82) is 0 Å². The van der Waals surface area contributed by atoms with Gasteiger partial charge in [-0.1, -0.05) is 6.58 Å². The Morgan fingerprint density at radius 2 is 1.90 bits per heavy atom. The molecule has 0 aromatic rings. The number of alkyl halides is 3. The maximum atomic E-state index is 11.7. The van der Waals surface area contributed by atoms with Crippen molar-refractivity contribution in [3.8, 4) is 0 Å². The summed E-state index contributed by atoms with van der Waals surface area (Å²) in [6.45, 7) is 4.32. The number of nitrogens with one attached hydrogen (secondary N) is 1. The minimum atomic E-state index is -4.28. The van der Waals surface area contributed by atoms with Gasteiger partial charge in [0.1, 0.15) is 0 Å². The highest BCUT2D eigenvalue weighted by molar-refractivity contribution is 5.09. The van der Waals surface area contributed by atoms with Crippen LogP contribution in [0.15, 0.2) is 12.2 Å². The molecule has 60 valence electrons. The summed E-state index contributed by atoms with van der Waals surface area (Å²) < 4.78 is 35.2. The third kappa shape index (κ3) is 2.39. The quantitative estimate of drug-likeness (QED) is 0.595. The summed E-state index contributed by atoms with van der Waals surface area (Å²) in [4.78, 5) is 0. The second-order valence-corrected chi connectivity index (χ2v) is 2.03. The van der Waals surface area contributed by atoms with Crippen molar-refractivity contribution < 1.29 is 13.2 Å². The lowest BCUT2D eigenvalue weighted by molar-refractivity contribution is -0.0954. The van der Waals surface area contributed by atoms with Gasteiger partial charge in [0.05, 0.1) is 0 Å². The van der Waals surface area contributed by atoms with Gasteiger partial charge in [-0.15, -0.1) is 0 Å². The van der Waals surface area contributed by atoms with Crippen LogP contribution in [-0.4, -0.2) is 19.3 Å². The Bertz CT molecular complexity index is 127. The molecule has 1 unspecified atom stereocenters. The van der Waals surface area contributed by atoms with Crippen LogP contribution in [0, 0.1) is 0 Å². The van der Waals surface area contributed by atoms with E-state index in [1.54, 1.807) is 0 Å². The van der Waals surface area contributed by atoms with Crippen LogP contribution < -0.4 is 5.32 Å². The van der Waals surface area contributed by atoms with Crippen LogP contribution in [0.3, 0.4) is 0 Å². The average Bonchev–Trinajstić information content (AvgIpc) is 1.83. The molecule has 0 saturated carbocycles. The van der Waals surface area contributed by atoms with Crippen LogP contribution in [0.1, 0.15) is 6.92 Å². The van der Waals surface area contributed by atoms with Gasteiger partial charge in [-0.2, -0.15) is 13.2 Å². The molecule has 10 heavy (non-hydrogen) atoms. The SMILES string of the molecule is C=C(C(C)NC)C(F)(F)F. The topological polar surface area (TPSA) is 12.0 Å². The molecule has 0 aliphatic heterocycles. The van der Waals surface area contributed by atoms with E-state index in [-0.39, 0.29) is 0 Å². The van der Waals surface area contributed by atoms with Crippen molar-refractivity contribution in [3.05, 3.63) is 12.2 Å². The van der Waals surface area contributed by atoms with E-state index < -0.39 is 17.8 Å². The van der Waals surface area contributed by atoms with E-state index in [1.807, 2.05) is 0 Å². The van der Waals surface area contributed by atoms with Crippen LogP contribution in [0.2, 0.25) is 0 Å². The fourth-order valence-electron chi connectivity index (χ4n) is 0.420. The normalized spacial score (nSPS) is 14.9. The first-order valence-electron chi connectivity index (χ1n) is 2.83.